The quantitative estimate of drug-likeness (QED) is 0.386. The summed E-state index contributed by atoms with van der Waals surface area (Å²) in [5.41, 5.74) is 0.851. The van der Waals surface area contributed by atoms with Crippen LogP contribution in [-0.4, -0.2) is 22.5 Å². The lowest BCUT2D eigenvalue weighted by Gasteiger charge is -2.13. The predicted molar refractivity (Wildman–Crippen MR) is 112 cm³/mol. The van der Waals surface area contributed by atoms with Crippen LogP contribution < -0.4 is 15.4 Å². The van der Waals surface area contributed by atoms with Crippen LogP contribution in [0.4, 0.5) is 11.4 Å². The highest BCUT2D eigenvalue weighted by Crippen LogP contribution is 2.26. The summed E-state index contributed by atoms with van der Waals surface area (Å²) in [5, 5.41) is 18.3. The molecule has 0 aliphatic carbocycles. The van der Waals surface area contributed by atoms with Crippen LogP contribution in [0, 0.1) is 17.0 Å². The molecule has 28 heavy (non-hydrogen) atoms. The van der Waals surface area contributed by atoms with Crippen molar-refractivity contribution < 1.29 is 14.5 Å². The summed E-state index contributed by atoms with van der Waals surface area (Å²) in [7, 11) is 0. The van der Waals surface area contributed by atoms with E-state index in [0.717, 1.165) is 10.8 Å². The van der Waals surface area contributed by atoms with E-state index >= 15 is 0 Å². The lowest BCUT2D eigenvalue weighted by Crippen LogP contribution is -2.37. The van der Waals surface area contributed by atoms with Gasteiger partial charge < -0.3 is 10.1 Å². The fourth-order valence-corrected chi connectivity index (χ4v) is 2.96. The topological polar surface area (TPSA) is 93.5 Å². The normalized spacial score (nSPS) is 10.3. The second-order valence-electron chi connectivity index (χ2n) is 5.98. The van der Waals surface area contributed by atoms with E-state index in [1.54, 1.807) is 25.1 Å². The molecule has 0 saturated carbocycles. The molecule has 0 heterocycles. The van der Waals surface area contributed by atoms with Gasteiger partial charge in [0.2, 0.25) is 0 Å². The third-order valence-electron chi connectivity index (χ3n) is 4.11. The zero-order valence-corrected chi connectivity index (χ0v) is 15.8. The number of carbonyl (C=O) groups excluding carboxylic acids is 1. The zero-order valence-electron chi connectivity index (χ0n) is 15.0. The molecule has 3 rings (SSSR count). The number of anilines is 1. The fourth-order valence-electron chi connectivity index (χ4n) is 2.74. The SMILES string of the molecule is Cc1c(NC(=S)NC(=O)COc2cccc3ccccc23)cccc1[N+](=O)[O-]. The highest BCUT2D eigenvalue weighted by molar-refractivity contribution is 7.80. The van der Waals surface area contributed by atoms with Crippen molar-refractivity contribution in [1.82, 2.24) is 5.32 Å². The summed E-state index contributed by atoms with van der Waals surface area (Å²) in [6, 6.07) is 17.9. The van der Waals surface area contributed by atoms with Crippen molar-refractivity contribution in [1.29, 1.82) is 0 Å². The first kappa shape index (κ1) is 19.2. The van der Waals surface area contributed by atoms with Gasteiger partial charge in [0.05, 0.1) is 16.2 Å². The number of hydrogen-bond donors (Lipinski definition) is 2. The van der Waals surface area contributed by atoms with E-state index in [2.05, 4.69) is 10.6 Å². The van der Waals surface area contributed by atoms with Gasteiger partial charge in [-0.05, 0) is 36.7 Å². The molecule has 0 aliphatic rings. The summed E-state index contributed by atoms with van der Waals surface area (Å²) in [4.78, 5) is 22.7. The molecule has 3 aromatic carbocycles. The van der Waals surface area contributed by atoms with Crippen LogP contribution in [0.3, 0.4) is 0 Å². The predicted octanol–water partition coefficient (Wildman–Crippen LogP) is 3.95. The minimum absolute atomic E-state index is 0.0292. The largest absolute Gasteiger partial charge is 0.483 e. The number of hydrogen-bond acceptors (Lipinski definition) is 5. The van der Waals surface area contributed by atoms with E-state index in [0.29, 0.717) is 17.0 Å². The van der Waals surface area contributed by atoms with Gasteiger partial charge >= 0.3 is 0 Å². The Morgan fingerprint density at radius 2 is 1.82 bits per heavy atom. The molecule has 0 aliphatic heterocycles. The summed E-state index contributed by atoms with van der Waals surface area (Å²) >= 11 is 5.12. The molecule has 0 aromatic heterocycles. The first-order valence-corrected chi connectivity index (χ1v) is 8.82. The van der Waals surface area contributed by atoms with Crippen molar-refractivity contribution in [2.45, 2.75) is 6.92 Å². The molecule has 2 N–H and O–H groups in total. The molecular weight excluding hydrogens is 378 g/mol. The Morgan fingerprint density at radius 3 is 2.61 bits per heavy atom. The van der Waals surface area contributed by atoms with Crippen LogP contribution in [0.25, 0.3) is 10.8 Å². The molecule has 142 valence electrons. The molecule has 1 amide bonds. The number of amides is 1. The van der Waals surface area contributed by atoms with Gasteiger partial charge in [-0.25, -0.2) is 0 Å². The number of nitro groups is 1. The Kier molecular flexibility index (Phi) is 5.81. The first-order chi connectivity index (χ1) is 13.5. The first-order valence-electron chi connectivity index (χ1n) is 8.41. The Bertz CT molecular complexity index is 1060. The summed E-state index contributed by atoms with van der Waals surface area (Å²) in [5.74, 6) is 0.162. The number of fused-ring (bicyclic) bond motifs is 1. The standard InChI is InChI=1S/C20H17N3O4S/c1-13-16(9-5-10-17(13)23(25)26)21-20(28)22-19(24)12-27-18-11-4-7-14-6-2-3-8-15(14)18/h2-11H,12H2,1H3,(H2,21,22,24,28). The van der Waals surface area contributed by atoms with Gasteiger partial charge in [0.15, 0.2) is 11.7 Å². The second kappa shape index (κ2) is 8.45. The van der Waals surface area contributed by atoms with Gasteiger partial charge in [-0.1, -0.05) is 42.5 Å². The summed E-state index contributed by atoms with van der Waals surface area (Å²) < 4.78 is 5.62. The molecule has 0 radical (unpaired) electrons. The van der Waals surface area contributed by atoms with Crippen molar-refractivity contribution in [3.63, 3.8) is 0 Å². The van der Waals surface area contributed by atoms with E-state index < -0.39 is 10.8 Å². The number of carbonyl (C=O) groups is 1. The molecule has 7 nitrogen and oxygen atoms in total. The van der Waals surface area contributed by atoms with E-state index in [1.165, 1.54) is 6.07 Å². The molecule has 0 saturated heterocycles. The number of rotatable bonds is 5. The number of benzene rings is 3. The second-order valence-corrected chi connectivity index (χ2v) is 6.38. The third kappa shape index (κ3) is 4.41. The molecule has 0 unspecified atom stereocenters. The van der Waals surface area contributed by atoms with Crippen molar-refractivity contribution in [3.8, 4) is 5.75 Å². The van der Waals surface area contributed by atoms with Crippen LogP contribution in [0.1, 0.15) is 5.56 Å². The maximum atomic E-state index is 12.1. The average molecular weight is 395 g/mol. The van der Waals surface area contributed by atoms with Gasteiger partial charge in [-0.3, -0.25) is 20.2 Å². The highest BCUT2D eigenvalue weighted by Gasteiger charge is 2.14. The van der Waals surface area contributed by atoms with E-state index in [1.807, 2.05) is 36.4 Å². The van der Waals surface area contributed by atoms with Crippen LogP contribution in [-0.2, 0) is 4.79 Å². The Balaban J connectivity index is 1.60. The maximum Gasteiger partial charge on any atom is 0.274 e. The van der Waals surface area contributed by atoms with Gasteiger partial charge in [-0.2, -0.15) is 0 Å². The molecule has 0 fully saturated rings. The van der Waals surface area contributed by atoms with Gasteiger partial charge in [-0.15, -0.1) is 0 Å². The molecule has 0 bridgehead atoms. The lowest BCUT2D eigenvalue weighted by atomic mass is 10.1. The minimum atomic E-state index is -0.472. The van der Waals surface area contributed by atoms with Crippen LogP contribution in [0.15, 0.2) is 60.7 Å². The van der Waals surface area contributed by atoms with E-state index in [-0.39, 0.29) is 17.4 Å². The molecule has 8 heteroatoms. The van der Waals surface area contributed by atoms with Crippen LogP contribution >= 0.6 is 12.2 Å². The molecule has 3 aromatic rings. The van der Waals surface area contributed by atoms with Gasteiger partial charge in [0.1, 0.15) is 5.75 Å². The Hall–Kier alpha value is -3.52. The van der Waals surface area contributed by atoms with Crippen molar-refractivity contribution >= 4 is 45.4 Å². The number of nitro benzene ring substituents is 1. The Labute approximate surface area is 166 Å². The van der Waals surface area contributed by atoms with Gasteiger partial charge in [0.25, 0.3) is 11.6 Å². The van der Waals surface area contributed by atoms with Crippen molar-refractivity contribution in [2.24, 2.45) is 0 Å². The van der Waals surface area contributed by atoms with Crippen molar-refractivity contribution in [3.05, 3.63) is 76.3 Å². The fraction of sp³-hybridized carbons (Fsp3) is 0.100. The van der Waals surface area contributed by atoms with E-state index in [4.69, 9.17) is 17.0 Å². The third-order valence-corrected chi connectivity index (χ3v) is 4.32. The Morgan fingerprint density at radius 1 is 1.11 bits per heavy atom. The number of ether oxygens (including phenoxy) is 1. The number of nitrogens with zero attached hydrogens (tertiary/aromatic N) is 1. The highest BCUT2D eigenvalue weighted by atomic mass is 32.1. The molecule has 0 atom stereocenters. The van der Waals surface area contributed by atoms with E-state index in [9.17, 15) is 14.9 Å². The average Bonchev–Trinajstić information content (AvgIpc) is 2.67. The number of thiocarbonyl (C=S) groups is 1. The van der Waals surface area contributed by atoms with Crippen LogP contribution in [0.2, 0.25) is 0 Å². The lowest BCUT2D eigenvalue weighted by molar-refractivity contribution is -0.385. The van der Waals surface area contributed by atoms with Gasteiger partial charge in [0, 0.05) is 11.5 Å². The molecular formula is C20H17N3O4S. The monoisotopic (exact) mass is 395 g/mol. The maximum absolute atomic E-state index is 12.1. The zero-order chi connectivity index (χ0) is 20.1. The summed E-state index contributed by atoms with van der Waals surface area (Å²) in [6.45, 7) is 1.39. The summed E-state index contributed by atoms with van der Waals surface area (Å²) in [6.07, 6.45) is 0. The molecule has 0 spiro atoms. The van der Waals surface area contributed by atoms with Crippen molar-refractivity contribution in [2.75, 3.05) is 11.9 Å². The van der Waals surface area contributed by atoms with Crippen LogP contribution in [0.5, 0.6) is 5.75 Å². The minimum Gasteiger partial charge on any atom is -0.483 e. The number of nitrogens with one attached hydrogen (secondary N) is 2. The smallest absolute Gasteiger partial charge is 0.274 e.